The fourth-order valence-corrected chi connectivity index (χ4v) is 2.97. The predicted octanol–water partition coefficient (Wildman–Crippen LogP) is 3.61. The van der Waals surface area contributed by atoms with E-state index in [1.807, 2.05) is 30.3 Å². The van der Waals surface area contributed by atoms with E-state index in [0.29, 0.717) is 36.0 Å². The maximum Gasteiger partial charge on any atom is 0.231 e. The van der Waals surface area contributed by atoms with Gasteiger partial charge in [-0.2, -0.15) is 0 Å². The Hall–Kier alpha value is -2.83. The van der Waals surface area contributed by atoms with Crippen molar-refractivity contribution in [2.45, 2.75) is 13.2 Å². The number of ketones is 1. The van der Waals surface area contributed by atoms with Crippen LogP contribution < -0.4 is 14.2 Å². The van der Waals surface area contributed by atoms with E-state index in [2.05, 4.69) is 0 Å². The number of methoxy groups -OCH3 is 3. The van der Waals surface area contributed by atoms with Crippen molar-refractivity contribution < 1.29 is 28.5 Å². The van der Waals surface area contributed by atoms with Gasteiger partial charge in [0.05, 0.1) is 25.9 Å². The van der Waals surface area contributed by atoms with Crippen LogP contribution in [0.25, 0.3) is 6.08 Å². The number of ether oxygens (including phenoxy) is 5. The largest absolute Gasteiger partial charge is 0.496 e. The fourth-order valence-electron chi connectivity index (χ4n) is 2.97. The van der Waals surface area contributed by atoms with Crippen molar-refractivity contribution in [3.05, 3.63) is 58.7 Å². The summed E-state index contributed by atoms with van der Waals surface area (Å²) in [6.07, 6.45) is 3.26. The number of hydrogen-bond donors (Lipinski definition) is 0. The van der Waals surface area contributed by atoms with Crippen molar-refractivity contribution in [1.82, 2.24) is 0 Å². The zero-order valence-electron chi connectivity index (χ0n) is 15.6. The maximum atomic E-state index is 12.9. The van der Waals surface area contributed by atoms with E-state index in [4.69, 9.17) is 23.7 Å². The summed E-state index contributed by atoms with van der Waals surface area (Å²) in [4.78, 5) is 12.9. The van der Waals surface area contributed by atoms with Crippen LogP contribution in [0.15, 0.2) is 36.4 Å². The molecule has 0 amide bonds. The van der Waals surface area contributed by atoms with Gasteiger partial charge in [0.2, 0.25) is 6.79 Å². The summed E-state index contributed by atoms with van der Waals surface area (Å²) in [6.45, 7) is 0.939. The van der Waals surface area contributed by atoms with E-state index in [1.54, 1.807) is 27.4 Å². The Labute approximate surface area is 158 Å². The van der Waals surface area contributed by atoms with Crippen LogP contribution in [0, 0.1) is 0 Å². The lowest BCUT2D eigenvalue weighted by Gasteiger charge is -2.14. The average molecular weight is 370 g/mol. The fraction of sp³-hybridized carbons (Fsp3) is 0.286. The molecule has 2 aromatic rings. The number of carbonyl (C=O) groups is 1. The number of allylic oxidation sites excluding steroid dienone is 1. The molecule has 0 radical (unpaired) electrons. The van der Waals surface area contributed by atoms with Gasteiger partial charge in [-0.25, -0.2) is 0 Å². The van der Waals surface area contributed by atoms with E-state index >= 15 is 0 Å². The molecular formula is C21H22O6. The molecule has 0 spiro atoms. The first-order chi connectivity index (χ1) is 13.2. The highest BCUT2D eigenvalue weighted by molar-refractivity contribution is 6.09. The molecule has 0 N–H and O–H groups in total. The van der Waals surface area contributed by atoms with Crippen LogP contribution >= 0.6 is 0 Å². The average Bonchev–Trinajstić information content (AvgIpc) is 3.14. The molecule has 2 aromatic carbocycles. The summed E-state index contributed by atoms with van der Waals surface area (Å²) in [5.74, 6) is 1.71. The summed E-state index contributed by atoms with van der Waals surface area (Å²) in [5.41, 5.74) is 2.99. The summed E-state index contributed by atoms with van der Waals surface area (Å²) in [6, 6.07) is 9.23. The number of rotatable bonds is 8. The lowest BCUT2D eigenvalue weighted by Crippen LogP contribution is -2.07. The number of fused-ring (bicyclic) bond motifs is 1. The first-order valence-corrected chi connectivity index (χ1v) is 8.46. The second-order valence-corrected chi connectivity index (χ2v) is 6.01. The van der Waals surface area contributed by atoms with Gasteiger partial charge in [-0.15, -0.1) is 0 Å². The zero-order valence-corrected chi connectivity index (χ0v) is 15.6. The highest BCUT2D eigenvalue weighted by atomic mass is 16.7. The van der Waals surface area contributed by atoms with Crippen molar-refractivity contribution >= 4 is 11.9 Å². The third-order valence-corrected chi connectivity index (χ3v) is 4.14. The van der Waals surface area contributed by atoms with Crippen LogP contribution in [0.5, 0.6) is 17.2 Å². The molecule has 6 nitrogen and oxygen atoms in total. The van der Waals surface area contributed by atoms with Gasteiger partial charge in [-0.3, -0.25) is 4.79 Å². The minimum absolute atomic E-state index is 0.166. The Morgan fingerprint density at radius 1 is 1.04 bits per heavy atom. The van der Waals surface area contributed by atoms with E-state index in [1.165, 1.54) is 6.08 Å². The third kappa shape index (κ3) is 4.30. The van der Waals surface area contributed by atoms with E-state index in [9.17, 15) is 4.79 Å². The van der Waals surface area contributed by atoms with Crippen molar-refractivity contribution in [3.8, 4) is 17.2 Å². The highest BCUT2D eigenvalue weighted by Crippen LogP contribution is 2.33. The Morgan fingerprint density at radius 3 is 2.56 bits per heavy atom. The SMILES string of the molecule is COCc1cc(COC)c(C(=O)/C=C/c2ccc3c(c2)OCO3)c(OC)c1. The number of carbonyl (C=O) groups excluding carboxylic acids is 1. The van der Waals surface area contributed by atoms with Gasteiger partial charge in [-0.1, -0.05) is 18.2 Å². The van der Waals surface area contributed by atoms with Crippen LogP contribution in [0.2, 0.25) is 0 Å². The van der Waals surface area contributed by atoms with Crippen molar-refractivity contribution in [2.75, 3.05) is 28.1 Å². The molecular weight excluding hydrogens is 348 g/mol. The van der Waals surface area contributed by atoms with Gasteiger partial charge in [0.15, 0.2) is 17.3 Å². The van der Waals surface area contributed by atoms with Crippen LogP contribution in [0.3, 0.4) is 0 Å². The molecule has 0 unspecified atom stereocenters. The predicted molar refractivity (Wildman–Crippen MR) is 100 cm³/mol. The van der Waals surface area contributed by atoms with Crippen LogP contribution in [0.1, 0.15) is 27.0 Å². The van der Waals surface area contributed by atoms with Crippen LogP contribution in [-0.4, -0.2) is 33.9 Å². The molecule has 1 aliphatic heterocycles. The maximum absolute atomic E-state index is 12.9. The lowest BCUT2D eigenvalue weighted by atomic mass is 9.98. The summed E-state index contributed by atoms with van der Waals surface area (Å²) < 4.78 is 26.6. The molecule has 27 heavy (non-hydrogen) atoms. The summed E-state index contributed by atoms with van der Waals surface area (Å²) >= 11 is 0. The molecule has 0 saturated heterocycles. The van der Waals surface area contributed by atoms with Gasteiger partial charge >= 0.3 is 0 Å². The Morgan fingerprint density at radius 2 is 1.81 bits per heavy atom. The van der Waals surface area contributed by atoms with E-state index < -0.39 is 0 Å². The van der Waals surface area contributed by atoms with Gasteiger partial charge in [-0.05, 0) is 41.0 Å². The van der Waals surface area contributed by atoms with Gasteiger partial charge in [0, 0.05) is 14.2 Å². The molecule has 6 heteroatoms. The first kappa shape index (κ1) is 18.9. The zero-order chi connectivity index (χ0) is 19.2. The first-order valence-electron chi connectivity index (χ1n) is 8.46. The van der Waals surface area contributed by atoms with Crippen molar-refractivity contribution in [3.63, 3.8) is 0 Å². The Bertz CT molecular complexity index is 856. The minimum atomic E-state index is -0.166. The van der Waals surface area contributed by atoms with Gasteiger partial charge < -0.3 is 23.7 Å². The monoisotopic (exact) mass is 370 g/mol. The molecule has 0 saturated carbocycles. The van der Waals surface area contributed by atoms with Crippen LogP contribution in [0.4, 0.5) is 0 Å². The molecule has 3 rings (SSSR count). The smallest absolute Gasteiger partial charge is 0.231 e. The lowest BCUT2D eigenvalue weighted by molar-refractivity contribution is 0.103. The summed E-state index contributed by atoms with van der Waals surface area (Å²) in [7, 11) is 4.75. The standard InChI is InChI=1S/C21H22O6/c1-23-11-15-8-16(12-24-2)21(20(10-15)25-3)17(22)6-4-14-5-7-18-19(9-14)27-13-26-18/h4-10H,11-13H2,1-3H3/b6-4+. The molecule has 0 aliphatic carbocycles. The molecule has 0 bridgehead atoms. The minimum Gasteiger partial charge on any atom is -0.496 e. The number of hydrogen-bond acceptors (Lipinski definition) is 6. The molecule has 0 atom stereocenters. The molecule has 1 heterocycles. The van der Waals surface area contributed by atoms with Gasteiger partial charge in [0.25, 0.3) is 0 Å². The van der Waals surface area contributed by atoms with Crippen molar-refractivity contribution in [1.29, 1.82) is 0 Å². The van der Waals surface area contributed by atoms with Crippen molar-refractivity contribution in [2.24, 2.45) is 0 Å². The summed E-state index contributed by atoms with van der Waals surface area (Å²) in [5, 5.41) is 0. The highest BCUT2D eigenvalue weighted by Gasteiger charge is 2.18. The Balaban J connectivity index is 1.90. The quantitative estimate of drug-likeness (QED) is 0.522. The molecule has 0 fully saturated rings. The molecule has 142 valence electrons. The second kappa shape index (κ2) is 8.70. The number of benzene rings is 2. The molecule has 1 aliphatic rings. The van der Waals surface area contributed by atoms with E-state index in [-0.39, 0.29) is 12.6 Å². The van der Waals surface area contributed by atoms with Crippen LogP contribution in [-0.2, 0) is 22.7 Å². The second-order valence-electron chi connectivity index (χ2n) is 6.01. The third-order valence-electron chi connectivity index (χ3n) is 4.14. The normalized spacial score (nSPS) is 12.6. The van der Waals surface area contributed by atoms with Gasteiger partial charge in [0.1, 0.15) is 5.75 Å². The Kier molecular flexibility index (Phi) is 6.11. The van der Waals surface area contributed by atoms with E-state index in [0.717, 1.165) is 16.7 Å². The molecule has 0 aromatic heterocycles. The topological polar surface area (TPSA) is 63.2 Å².